The summed E-state index contributed by atoms with van der Waals surface area (Å²) in [6, 6.07) is 0. The third-order valence-corrected chi connectivity index (χ3v) is 14.3. The van der Waals surface area contributed by atoms with Crippen molar-refractivity contribution in [3.63, 3.8) is 0 Å². The molecule has 9 heteroatoms. The standard InChI is InChI=1S/C67H123NO8/c1-6-8-10-12-14-16-18-20-22-23-24-25-26-27-28-29-30-31-32-33-34-35-36-37-38-39-40-41-42-43-44-46-48-50-52-54-56-58-65(70)76-63(62-75-67(66(71)72)73-60-59-68(3,4)5)61-74-64(69)57-55-53-51-49-47-45-21-19-17-15-13-11-9-7-2/h18-21,23-24,26-27,63,67H,6-17,22,25,28-62H2,1-5H3/p+1/b20-18-,21-19-,24-23-,27-26-. The predicted molar refractivity (Wildman–Crippen MR) is 323 cm³/mol. The van der Waals surface area contributed by atoms with Crippen LogP contribution in [0.1, 0.15) is 303 Å². The number of ether oxygens (including phenoxy) is 4. The second-order valence-electron chi connectivity index (χ2n) is 23.1. The van der Waals surface area contributed by atoms with Gasteiger partial charge in [-0.15, -0.1) is 0 Å². The summed E-state index contributed by atoms with van der Waals surface area (Å²) in [5, 5.41) is 9.70. The molecule has 1 N–H and O–H groups in total. The molecule has 0 saturated heterocycles. The van der Waals surface area contributed by atoms with Crippen molar-refractivity contribution < 1.29 is 42.9 Å². The summed E-state index contributed by atoms with van der Waals surface area (Å²) in [6.07, 6.45) is 70.8. The van der Waals surface area contributed by atoms with Crippen LogP contribution >= 0.6 is 0 Å². The summed E-state index contributed by atoms with van der Waals surface area (Å²) in [5.74, 6) is -2.00. The van der Waals surface area contributed by atoms with E-state index < -0.39 is 24.3 Å². The van der Waals surface area contributed by atoms with Gasteiger partial charge in [0.15, 0.2) is 6.10 Å². The third-order valence-electron chi connectivity index (χ3n) is 14.3. The van der Waals surface area contributed by atoms with Crippen molar-refractivity contribution in [1.29, 1.82) is 0 Å². The first kappa shape index (κ1) is 73.2. The molecule has 76 heavy (non-hydrogen) atoms. The van der Waals surface area contributed by atoms with E-state index in [4.69, 9.17) is 18.9 Å². The highest BCUT2D eigenvalue weighted by Gasteiger charge is 2.25. The highest BCUT2D eigenvalue weighted by Crippen LogP contribution is 2.17. The molecule has 0 bridgehead atoms. The molecule has 0 aliphatic rings. The van der Waals surface area contributed by atoms with Gasteiger partial charge in [-0.05, 0) is 77.0 Å². The molecule has 0 rings (SSSR count). The number of carbonyl (C=O) groups is 3. The molecule has 0 amide bonds. The zero-order valence-corrected chi connectivity index (χ0v) is 50.7. The molecule has 2 atom stereocenters. The van der Waals surface area contributed by atoms with Crippen molar-refractivity contribution in [3.05, 3.63) is 48.6 Å². The lowest BCUT2D eigenvalue weighted by molar-refractivity contribution is -0.870. The average molecular weight is 1070 g/mol. The van der Waals surface area contributed by atoms with Gasteiger partial charge in [-0.25, -0.2) is 4.79 Å². The highest BCUT2D eigenvalue weighted by atomic mass is 16.7. The van der Waals surface area contributed by atoms with E-state index in [1.54, 1.807) is 0 Å². The Kier molecular flexibility index (Phi) is 56.3. The molecule has 2 unspecified atom stereocenters. The molecule has 0 fully saturated rings. The number of rotatable bonds is 60. The van der Waals surface area contributed by atoms with E-state index in [0.717, 1.165) is 70.6 Å². The number of carbonyl (C=O) groups excluding carboxylic acids is 2. The van der Waals surface area contributed by atoms with Crippen molar-refractivity contribution in [3.8, 4) is 0 Å². The summed E-state index contributed by atoms with van der Waals surface area (Å²) in [4.78, 5) is 37.4. The zero-order chi connectivity index (χ0) is 55.5. The van der Waals surface area contributed by atoms with Crippen LogP contribution in [-0.2, 0) is 33.3 Å². The first-order chi connectivity index (χ1) is 37.1. The minimum atomic E-state index is -1.51. The minimum Gasteiger partial charge on any atom is -0.477 e. The monoisotopic (exact) mass is 1070 g/mol. The van der Waals surface area contributed by atoms with Crippen LogP contribution < -0.4 is 0 Å². The predicted octanol–water partition coefficient (Wildman–Crippen LogP) is 19.4. The Bertz CT molecular complexity index is 1380. The fourth-order valence-corrected chi connectivity index (χ4v) is 9.31. The smallest absolute Gasteiger partial charge is 0.361 e. The third kappa shape index (κ3) is 58.9. The number of hydrogen-bond acceptors (Lipinski definition) is 7. The number of carboxylic acid groups (broad SMARTS) is 1. The van der Waals surface area contributed by atoms with E-state index in [1.165, 1.54) is 205 Å². The molecule has 444 valence electrons. The maximum absolute atomic E-state index is 12.9. The van der Waals surface area contributed by atoms with Crippen LogP contribution in [-0.4, -0.2) is 87.4 Å². The normalized spacial score (nSPS) is 13.0. The van der Waals surface area contributed by atoms with Crippen LogP contribution in [0.25, 0.3) is 0 Å². The maximum Gasteiger partial charge on any atom is 0.361 e. The molecule has 0 aromatic heterocycles. The fourth-order valence-electron chi connectivity index (χ4n) is 9.31. The zero-order valence-electron chi connectivity index (χ0n) is 50.7. The second-order valence-corrected chi connectivity index (χ2v) is 23.1. The number of unbranched alkanes of at least 4 members (excludes halogenated alkanes) is 37. The van der Waals surface area contributed by atoms with Gasteiger partial charge in [-0.2, -0.15) is 0 Å². The quantitative estimate of drug-likeness (QED) is 0.0211. The molecule has 0 spiro atoms. The van der Waals surface area contributed by atoms with E-state index >= 15 is 0 Å². The van der Waals surface area contributed by atoms with Gasteiger partial charge in [0.25, 0.3) is 6.29 Å². The van der Waals surface area contributed by atoms with Crippen molar-refractivity contribution in [1.82, 2.24) is 0 Å². The van der Waals surface area contributed by atoms with Gasteiger partial charge in [-0.3, -0.25) is 9.59 Å². The number of allylic oxidation sites excluding steroid dienone is 8. The summed E-state index contributed by atoms with van der Waals surface area (Å²) in [7, 11) is 5.97. The van der Waals surface area contributed by atoms with E-state index in [1.807, 2.05) is 21.1 Å². The highest BCUT2D eigenvalue weighted by molar-refractivity contribution is 5.71. The van der Waals surface area contributed by atoms with Crippen molar-refractivity contribution >= 4 is 17.9 Å². The Balaban J connectivity index is 3.99. The average Bonchev–Trinajstić information content (AvgIpc) is 3.39. The maximum atomic E-state index is 12.9. The first-order valence-corrected chi connectivity index (χ1v) is 32.3. The number of likely N-dealkylation sites (N-methyl/N-ethyl adjacent to an activating group) is 1. The van der Waals surface area contributed by atoms with Crippen LogP contribution in [0.5, 0.6) is 0 Å². The Morgan fingerprint density at radius 2 is 0.711 bits per heavy atom. The number of nitrogens with zero attached hydrogens (tertiary/aromatic N) is 1. The molecular weight excluding hydrogens is 947 g/mol. The number of hydrogen-bond donors (Lipinski definition) is 1. The number of esters is 2. The lowest BCUT2D eigenvalue weighted by Gasteiger charge is -2.25. The molecule has 0 aromatic rings. The van der Waals surface area contributed by atoms with Crippen LogP contribution in [0.15, 0.2) is 48.6 Å². The van der Waals surface area contributed by atoms with Crippen LogP contribution in [0.2, 0.25) is 0 Å². The SMILES string of the molecule is CCCCCCC/C=C\C/C=C\C/C=C\CCCCCCCCCCCCCCCCCCCCCCCCC(=O)OC(COC(=O)CCCCCCC/C=C\CCCCCCC)COC(OCC[N+](C)(C)C)C(=O)O. The first-order valence-electron chi connectivity index (χ1n) is 32.3. The van der Waals surface area contributed by atoms with Crippen molar-refractivity contribution in [2.45, 2.75) is 315 Å². The van der Waals surface area contributed by atoms with Crippen molar-refractivity contribution in [2.75, 3.05) is 47.5 Å². The lowest BCUT2D eigenvalue weighted by atomic mass is 10.0. The van der Waals surface area contributed by atoms with Gasteiger partial charge in [0.1, 0.15) is 13.2 Å². The van der Waals surface area contributed by atoms with E-state index in [2.05, 4.69) is 62.5 Å². The molecule has 0 heterocycles. The van der Waals surface area contributed by atoms with Gasteiger partial charge >= 0.3 is 17.9 Å². The van der Waals surface area contributed by atoms with E-state index in [0.29, 0.717) is 17.4 Å². The topological polar surface area (TPSA) is 108 Å². The van der Waals surface area contributed by atoms with Crippen LogP contribution in [0.4, 0.5) is 0 Å². The van der Waals surface area contributed by atoms with E-state index in [9.17, 15) is 19.5 Å². The van der Waals surface area contributed by atoms with Crippen LogP contribution in [0.3, 0.4) is 0 Å². The van der Waals surface area contributed by atoms with Crippen molar-refractivity contribution in [2.24, 2.45) is 0 Å². The Hall–Kier alpha value is -2.75. The number of carboxylic acids is 1. The summed E-state index contributed by atoms with van der Waals surface area (Å²) < 4.78 is 22.9. The molecule has 9 nitrogen and oxygen atoms in total. The van der Waals surface area contributed by atoms with Gasteiger partial charge in [-0.1, -0.05) is 262 Å². The summed E-state index contributed by atoms with van der Waals surface area (Å²) >= 11 is 0. The van der Waals surface area contributed by atoms with Gasteiger partial charge in [0.05, 0.1) is 34.4 Å². The lowest BCUT2D eigenvalue weighted by Crippen LogP contribution is -2.40. The van der Waals surface area contributed by atoms with Gasteiger partial charge in [0.2, 0.25) is 0 Å². The second kappa shape index (κ2) is 58.4. The molecule has 0 aliphatic heterocycles. The Labute approximate surface area is 470 Å². The minimum absolute atomic E-state index is 0.183. The number of quaternary nitrogens is 1. The molecular formula is C67H124NO8+. The van der Waals surface area contributed by atoms with E-state index in [-0.39, 0.29) is 32.2 Å². The van der Waals surface area contributed by atoms with Gasteiger partial charge < -0.3 is 28.5 Å². The van der Waals surface area contributed by atoms with Crippen LogP contribution in [0, 0.1) is 0 Å². The Morgan fingerprint density at radius 1 is 0.395 bits per heavy atom. The largest absolute Gasteiger partial charge is 0.477 e. The summed E-state index contributed by atoms with van der Waals surface area (Å²) in [6.45, 7) is 4.88. The molecule has 0 aromatic carbocycles. The Morgan fingerprint density at radius 3 is 1.07 bits per heavy atom. The molecule has 0 radical (unpaired) electrons. The summed E-state index contributed by atoms with van der Waals surface area (Å²) in [5.41, 5.74) is 0. The van der Waals surface area contributed by atoms with Gasteiger partial charge in [0, 0.05) is 12.8 Å². The number of aliphatic carboxylic acids is 1. The molecule has 0 aliphatic carbocycles. The fraction of sp³-hybridized carbons (Fsp3) is 0.836. The molecule has 0 saturated carbocycles.